The van der Waals surface area contributed by atoms with Crippen LogP contribution in [0.15, 0.2) is 0 Å². The fraction of sp³-hybridized carbons (Fsp3) is 0.933. The topological polar surface area (TPSA) is 67.6 Å². The molecule has 1 rings (SSSR count). The summed E-state index contributed by atoms with van der Waals surface area (Å²) in [6, 6.07) is 0. The highest BCUT2D eigenvalue weighted by molar-refractivity contribution is 5.78. The number of carbonyl (C=O) groups excluding carboxylic acids is 1. The largest absolute Gasteiger partial charge is 0.385 e. The first kappa shape index (κ1) is 17.4. The van der Waals surface area contributed by atoms with E-state index in [1.54, 1.807) is 7.11 Å². The van der Waals surface area contributed by atoms with Crippen LogP contribution in [0, 0.1) is 5.92 Å². The van der Waals surface area contributed by atoms with Gasteiger partial charge in [0.2, 0.25) is 5.91 Å². The maximum absolute atomic E-state index is 11.9. The molecule has 5 nitrogen and oxygen atoms in total. The molecule has 0 aromatic heterocycles. The predicted molar refractivity (Wildman–Crippen MR) is 81.6 cm³/mol. The normalized spacial score (nSPS) is 26.8. The standard InChI is InChI=1S/C15H31N3O2/c1-13-5-7-15(12-16,8-6-13)18(2)11-14(19)17-9-4-10-20-3/h13H,4-12,16H2,1-3H3,(H,17,19). The second kappa shape index (κ2) is 8.60. The van der Waals surface area contributed by atoms with Gasteiger partial charge in [-0.25, -0.2) is 0 Å². The third-order valence-electron chi connectivity index (χ3n) is 4.62. The summed E-state index contributed by atoms with van der Waals surface area (Å²) in [5, 5.41) is 2.94. The smallest absolute Gasteiger partial charge is 0.234 e. The van der Waals surface area contributed by atoms with E-state index in [0.29, 0.717) is 26.2 Å². The van der Waals surface area contributed by atoms with Crippen molar-refractivity contribution in [2.45, 2.75) is 44.6 Å². The van der Waals surface area contributed by atoms with Crippen LogP contribution in [0.1, 0.15) is 39.0 Å². The average Bonchev–Trinajstić information content (AvgIpc) is 2.45. The Labute approximate surface area is 123 Å². The van der Waals surface area contributed by atoms with Crippen LogP contribution < -0.4 is 11.1 Å². The number of hydrogen-bond acceptors (Lipinski definition) is 4. The second-order valence-electron chi connectivity index (χ2n) is 6.16. The van der Waals surface area contributed by atoms with Gasteiger partial charge < -0.3 is 15.8 Å². The van der Waals surface area contributed by atoms with E-state index in [-0.39, 0.29) is 11.4 Å². The molecule has 0 aliphatic heterocycles. The molecule has 1 aliphatic rings. The first-order valence-electron chi connectivity index (χ1n) is 7.71. The maximum Gasteiger partial charge on any atom is 0.234 e. The number of methoxy groups -OCH3 is 1. The van der Waals surface area contributed by atoms with E-state index >= 15 is 0 Å². The Morgan fingerprint density at radius 1 is 1.45 bits per heavy atom. The molecule has 20 heavy (non-hydrogen) atoms. The van der Waals surface area contributed by atoms with E-state index in [2.05, 4.69) is 17.1 Å². The van der Waals surface area contributed by atoms with Crippen molar-refractivity contribution >= 4 is 5.91 Å². The molecule has 0 saturated heterocycles. The van der Waals surface area contributed by atoms with Crippen molar-refractivity contribution in [2.24, 2.45) is 11.7 Å². The van der Waals surface area contributed by atoms with Crippen LogP contribution in [0.3, 0.4) is 0 Å². The predicted octanol–water partition coefficient (Wildman–Crippen LogP) is 0.979. The van der Waals surface area contributed by atoms with Gasteiger partial charge in [0.1, 0.15) is 0 Å². The lowest BCUT2D eigenvalue weighted by Crippen LogP contribution is -2.56. The molecule has 5 heteroatoms. The molecule has 3 N–H and O–H groups in total. The van der Waals surface area contributed by atoms with Crippen LogP contribution in [0.4, 0.5) is 0 Å². The number of nitrogens with one attached hydrogen (secondary N) is 1. The van der Waals surface area contributed by atoms with Gasteiger partial charge in [-0.3, -0.25) is 9.69 Å². The lowest BCUT2D eigenvalue weighted by Gasteiger charge is -2.45. The highest BCUT2D eigenvalue weighted by Crippen LogP contribution is 2.34. The van der Waals surface area contributed by atoms with Gasteiger partial charge in [-0.2, -0.15) is 0 Å². The highest BCUT2D eigenvalue weighted by atomic mass is 16.5. The SMILES string of the molecule is COCCCNC(=O)CN(C)C1(CN)CCC(C)CC1. The number of hydrogen-bond donors (Lipinski definition) is 2. The average molecular weight is 285 g/mol. The minimum absolute atomic E-state index is 0.0103. The van der Waals surface area contributed by atoms with Gasteiger partial charge in [0.15, 0.2) is 0 Å². The monoisotopic (exact) mass is 285 g/mol. The van der Waals surface area contributed by atoms with Gasteiger partial charge in [-0.1, -0.05) is 6.92 Å². The number of rotatable bonds is 8. The van der Waals surface area contributed by atoms with E-state index in [9.17, 15) is 4.79 Å². The number of nitrogens with zero attached hydrogens (tertiary/aromatic N) is 1. The lowest BCUT2D eigenvalue weighted by molar-refractivity contribution is -0.123. The van der Waals surface area contributed by atoms with Crippen molar-refractivity contribution in [2.75, 3.05) is 40.4 Å². The molecule has 0 unspecified atom stereocenters. The summed E-state index contributed by atoms with van der Waals surface area (Å²) in [5.41, 5.74) is 6.02. The van der Waals surface area contributed by atoms with Crippen LogP contribution in [0.25, 0.3) is 0 Å². The van der Waals surface area contributed by atoms with Crippen molar-refractivity contribution in [3.8, 4) is 0 Å². The van der Waals surface area contributed by atoms with Gasteiger partial charge in [-0.15, -0.1) is 0 Å². The Morgan fingerprint density at radius 2 is 2.10 bits per heavy atom. The summed E-state index contributed by atoms with van der Waals surface area (Å²) in [6.07, 6.45) is 5.45. The molecule has 0 aromatic carbocycles. The Hall–Kier alpha value is -0.650. The molecule has 0 bridgehead atoms. The molecule has 1 fully saturated rings. The summed E-state index contributed by atoms with van der Waals surface area (Å²) >= 11 is 0. The molecule has 0 spiro atoms. The zero-order valence-electron chi connectivity index (χ0n) is 13.3. The first-order valence-corrected chi connectivity index (χ1v) is 7.71. The Kier molecular flexibility index (Phi) is 7.48. The van der Waals surface area contributed by atoms with Gasteiger partial charge in [0.05, 0.1) is 6.54 Å². The van der Waals surface area contributed by atoms with E-state index in [4.69, 9.17) is 10.5 Å². The molecule has 118 valence electrons. The Morgan fingerprint density at radius 3 is 2.65 bits per heavy atom. The minimum Gasteiger partial charge on any atom is -0.385 e. The van der Waals surface area contributed by atoms with Crippen molar-refractivity contribution in [3.63, 3.8) is 0 Å². The van der Waals surface area contributed by atoms with Crippen molar-refractivity contribution in [1.82, 2.24) is 10.2 Å². The first-order chi connectivity index (χ1) is 9.54. The molecule has 1 aliphatic carbocycles. The molecule has 0 radical (unpaired) electrons. The van der Waals surface area contributed by atoms with Crippen LogP contribution in [0.2, 0.25) is 0 Å². The number of likely N-dealkylation sites (N-methyl/N-ethyl adjacent to an activating group) is 1. The summed E-state index contributed by atoms with van der Waals surface area (Å²) in [6.45, 7) is 4.71. The number of carbonyl (C=O) groups is 1. The summed E-state index contributed by atoms with van der Waals surface area (Å²) in [5.74, 6) is 0.862. The van der Waals surface area contributed by atoms with Crippen molar-refractivity contribution in [1.29, 1.82) is 0 Å². The molecule has 0 atom stereocenters. The van der Waals surface area contributed by atoms with Crippen LogP contribution in [-0.4, -0.2) is 56.7 Å². The molecule has 1 saturated carbocycles. The van der Waals surface area contributed by atoms with E-state index < -0.39 is 0 Å². The number of amides is 1. The van der Waals surface area contributed by atoms with E-state index in [1.807, 2.05) is 7.05 Å². The van der Waals surface area contributed by atoms with E-state index in [1.165, 1.54) is 12.8 Å². The summed E-state index contributed by atoms with van der Waals surface area (Å²) in [7, 11) is 3.70. The summed E-state index contributed by atoms with van der Waals surface area (Å²) < 4.78 is 4.97. The van der Waals surface area contributed by atoms with Gasteiger partial charge in [-0.05, 0) is 45.1 Å². The third kappa shape index (κ3) is 5.04. The molecule has 0 heterocycles. The van der Waals surface area contributed by atoms with Gasteiger partial charge in [0, 0.05) is 32.3 Å². The van der Waals surface area contributed by atoms with Crippen LogP contribution in [0.5, 0.6) is 0 Å². The van der Waals surface area contributed by atoms with Gasteiger partial charge in [0.25, 0.3) is 0 Å². The lowest BCUT2D eigenvalue weighted by atomic mass is 9.76. The molecular formula is C15H31N3O2. The third-order valence-corrected chi connectivity index (χ3v) is 4.62. The Balaban J connectivity index is 2.39. The zero-order chi connectivity index (χ0) is 15.0. The fourth-order valence-electron chi connectivity index (χ4n) is 2.92. The van der Waals surface area contributed by atoms with Gasteiger partial charge >= 0.3 is 0 Å². The molecular weight excluding hydrogens is 254 g/mol. The van der Waals surface area contributed by atoms with Crippen molar-refractivity contribution in [3.05, 3.63) is 0 Å². The quantitative estimate of drug-likeness (QED) is 0.652. The zero-order valence-corrected chi connectivity index (χ0v) is 13.3. The van der Waals surface area contributed by atoms with Crippen LogP contribution in [-0.2, 0) is 9.53 Å². The maximum atomic E-state index is 11.9. The molecule has 0 aromatic rings. The summed E-state index contributed by atoms with van der Waals surface area (Å²) in [4.78, 5) is 14.1. The van der Waals surface area contributed by atoms with E-state index in [0.717, 1.165) is 25.2 Å². The number of nitrogens with two attached hydrogens (primary N) is 1. The van der Waals surface area contributed by atoms with Crippen molar-refractivity contribution < 1.29 is 9.53 Å². The van der Waals surface area contributed by atoms with Crippen LogP contribution >= 0.6 is 0 Å². The second-order valence-corrected chi connectivity index (χ2v) is 6.16. The highest BCUT2D eigenvalue weighted by Gasteiger charge is 2.37. The molecule has 1 amide bonds. The Bertz CT molecular complexity index is 289. The number of ether oxygens (including phenoxy) is 1. The fourth-order valence-corrected chi connectivity index (χ4v) is 2.92. The minimum atomic E-state index is 0.0103.